The average molecular weight is 197 g/mol. The van der Waals surface area contributed by atoms with Crippen molar-refractivity contribution in [1.29, 1.82) is 0 Å². The maximum atomic E-state index is 5.78. The lowest BCUT2D eigenvalue weighted by atomic mass is 9.99. The highest BCUT2D eigenvalue weighted by Crippen LogP contribution is 2.20. The second-order valence-electron chi connectivity index (χ2n) is 4.72. The van der Waals surface area contributed by atoms with Gasteiger partial charge in [0.2, 0.25) is 0 Å². The molecule has 2 saturated heterocycles. The second-order valence-corrected chi connectivity index (χ2v) is 4.72. The van der Waals surface area contributed by atoms with E-state index in [0.717, 1.165) is 12.6 Å². The van der Waals surface area contributed by atoms with Crippen LogP contribution in [-0.2, 0) is 4.74 Å². The van der Waals surface area contributed by atoms with Gasteiger partial charge in [0.05, 0.1) is 6.10 Å². The molecule has 2 atom stereocenters. The van der Waals surface area contributed by atoms with Crippen molar-refractivity contribution in [1.82, 2.24) is 5.32 Å². The Bertz CT molecular complexity index is 146. The molecule has 0 amide bonds. The van der Waals surface area contributed by atoms with Gasteiger partial charge in [-0.2, -0.15) is 0 Å². The van der Waals surface area contributed by atoms with Crippen LogP contribution in [0.5, 0.6) is 0 Å². The number of ether oxygens (including phenoxy) is 1. The van der Waals surface area contributed by atoms with E-state index < -0.39 is 0 Å². The Labute approximate surface area is 87.4 Å². The molecule has 0 aromatic rings. The minimum atomic E-state index is 0.555. The summed E-state index contributed by atoms with van der Waals surface area (Å²) in [7, 11) is 0. The molecular weight excluding hydrogens is 174 g/mol. The summed E-state index contributed by atoms with van der Waals surface area (Å²) in [6.07, 6.45) is 11.3. The molecule has 14 heavy (non-hydrogen) atoms. The Morgan fingerprint density at radius 2 is 1.93 bits per heavy atom. The topological polar surface area (TPSA) is 21.3 Å². The van der Waals surface area contributed by atoms with Crippen LogP contribution >= 0.6 is 0 Å². The first-order valence-electron chi connectivity index (χ1n) is 6.30. The first kappa shape index (κ1) is 10.4. The van der Waals surface area contributed by atoms with Gasteiger partial charge < -0.3 is 10.1 Å². The summed E-state index contributed by atoms with van der Waals surface area (Å²) in [4.78, 5) is 0. The van der Waals surface area contributed by atoms with E-state index in [-0.39, 0.29) is 0 Å². The lowest BCUT2D eigenvalue weighted by molar-refractivity contribution is 0.00500. The predicted octanol–water partition coefficient (Wildman–Crippen LogP) is 2.48. The van der Waals surface area contributed by atoms with Crippen LogP contribution in [0.25, 0.3) is 0 Å². The zero-order valence-corrected chi connectivity index (χ0v) is 9.13. The van der Waals surface area contributed by atoms with Crippen LogP contribution < -0.4 is 5.32 Å². The van der Waals surface area contributed by atoms with Gasteiger partial charge >= 0.3 is 0 Å². The van der Waals surface area contributed by atoms with Crippen molar-refractivity contribution >= 4 is 0 Å². The third-order valence-electron chi connectivity index (χ3n) is 3.48. The molecular formula is C12H23NO. The highest BCUT2D eigenvalue weighted by molar-refractivity contribution is 4.76. The van der Waals surface area contributed by atoms with Crippen molar-refractivity contribution < 1.29 is 4.74 Å². The monoisotopic (exact) mass is 197 g/mol. The van der Waals surface area contributed by atoms with Crippen LogP contribution in [-0.4, -0.2) is 25.3 Å². The standard InChI is InChI=1S/C12H23NO/c1-2-6-11(13-8-4-1)10-12-7-3-5-9-14-12/h11-13H,1-10H2. The zero-order valence-electron chi connectivity index (χ0n) is 9.13. The maximum absolute atomic E-state index is 5.78. The van der Waals surface area contributed by atoms with Crippen LogP contribution in [0, 0.1) is 0 Å². The normalized spacial score (nSPS) is 35.1. The summed E-state index contributed by atoms with van der Waals surface area (Å²) in [5, 5.41) is 3.65. The predicted molar refractivity (Wildman–Crippen MR) is 58.5 cm³/mol. The molecule has 0 aromatic heterocycles. The summed E-state index contributed by atoms with van der Waals surface area (Å²) in [6, 6.07) is 0.737. The first-order valence-corrected chi connectivity index (χ1v) is 6.30. The Kier molecular flexibility index (Phi) is 4.26. The Morgan fingerprint density at radius 3 is 2.79 bits per heavy atom. The number of hydrogen-bond donors (Lipinski definition) is 1. The molecule has 0 saturated carbocycles. The summed E-state index contributed by atoms with van der Waals surface area (Å²) in [6.45, 7) is 2.22. The molecule has 0 radical (unpaired) electrons. The third kappa shape index (κ3) is 3.25. The van der Waals surface area contributed by atoms with Crippen molar-refractivity contribution in [3.8, 4) is 0 Å². The molecule has 2 nitrogen and oxygen atoms in total. The lowest BCUT2D eigenvalue weighted by Gasteiger charge is -2.26. The molecule has 2 heterocycles. The van der Waals surface area contributed by atoms with Gasteiger partial charge in [0.15, 0.2) is 0 Å². The second kappa shape index (κ2) is 5.72. The van der Waals surface area contributed by atoms with Gasteiger partial charge in [-0.05, 0) is 45.1 Å². The first-order chi connectivity index (χ1) is 6.95. The number of nitrogens with one attached hydrogen (secondary N) is 1. The molecule has 0 aliphatic carbocycles. The number of rotatable bonds is 2. The van der Waals surface area contributed by atoms with Crippen LogP contribution in [0.1, 0.15) is 51.4 Å². The van der Waals surface area contributed by atoms with E-state index >= 15 is 0 Å². The van der Waals surface area contributed by atoms with E-state index in [9.17, 15) is 0 Å². The van der Waals surface area contributed by atoms with Crippen LogP contribution in [0.15, 0.2) is 0 Å². The molecule has 1 N–H and O–H groups in total. The maximum Gasteiger partial charge on any atom is 0.0590 e. The van der Waals surface area contributed by atoms with Crippen molar-refractivity contribution in [2.75, 3.05) is 13.2 Å². The van der Waals surface area contributed by atoms with Gasteiger partial charge in [-0.25, -0.2) is 0 Å². The quantitative estimate of drug-likeness (QED) is 0.734. The van der Waals surface area contributed by atoms with E-state index in [1.54, 1.807) is 0 Å². The summed E-state index contributed by atoms with van der Waals surface area (Å²) >= 11 is 0. The summed E-state index contributed by atoms with van der Waals surface area (Å²) in [5.74, 6) is 0. The fraction of sp³-hybridized carbons (Fsp3) is 1.00. The summed E-state index contributed by atoms with van der Waals surface area (Å²) < 4.78 is 5.78. The SMILES string of the molecule is C1CCNC(CC2CCCCO2)CC1. The van der Waals surface area contributed by atoms with Gasteiger partial charge in [0.25, 0.3) is 0 Å². The van der Waals surface area contributed by atoms with Gasteiger partial charge in [-0.3, -0.25) is 0 Å². The fourth-order valence-electron chi connectivity index (χ4n) is 2.61. The van der Waals surface area contributed by atoms with Crippen LogP contribution in [0.4, 0.5) is 0 Å². The molecule has 2 unspecified atom stereocenters. The highest BCUT2D eigenvalue weighted by Gasteiger charge is 2.19. The van der Waals surface area contributed by atoms with Crippen molar-refractivity contribution in [2.24, 2.45) is 0 Å². The fourth-order valence-corrected chi connectivity index (χ4v) is 2.61. The van der Waals surface area contributed by atoms with E-state index in [1.165, 1.54) is 57.9 Å². The molecule has 2 aliphatic heterocycles. The van der Waals surface area contributed by atoms with Gasteiger partial charge in [0.1, 0.15) is 0 Å². The molecule has 2 fully saturated rings. The van der Waals surface area contributed by atoms with E-state index in [4.69, 9.17) is 4.74 Å². The van der Waals surface area contributed by atoms with Crippen LogP contribution in [0.2, 0.25) is 0 Å². The van der Waals surface area contributed by atoms with Gasteiger partial charge in [0, 0.05) is 12.6 Å². The molecule has 0 aromatic carbocycles. The summed E-state index contributed by atoms with van der Waals surface area (Å²) in [5.41, 5.74) is 0. The lowest BCUT2D eigenvalue weighted by Crippen LogP contribution is -2.34. The molecule has 0 bridgehead atoms. The largest absolute Gasteiger partial charge is 0.378 e. The zero-order chi connectivity index (χ0) is 9.64. The van der Waals surface area contributed by atoms with Crippen molar-refractivity contribution in [3.63, 3.8) is 0 Å². The molecule has 2 heteroatoms. The Balaban J connectivity index is 1.71. The minimum absolute atomic E-state index is 0.555. The van der Waals surface area contributed by atoms with Crippen molar-refractivity contribution in [2.45, 2.75) is 63.5 Å². The molecule has 0 spiro atoms. The third-order valence-corrected chi connectivity index (χ3v) is 3.48. The Morgan fingerprint density at radius 1 is 1.00 bits per heavy atom. The average Bonchev–Trinajstić information content (AvgIpc) is 2.48. The van der Waals surface area contributed by atoms with E-state index in [0.29, 0.717) is 6.10 Å². The minimum Gasteiger partial charge on any atom is -0.378 e. The molecule has 2 rings (SSSR count). The van der Waals surface area contributed by atoms with E-state index in [2.05, 4.69) is 5.32 Å². The van der Waals surface area contributed by atoms with E-state index in [1.807, 2.05) is 0 Å². The number of hydrogen-bond acceptors (Lipinski definition) is 2. The van der Waals surface area contributed by atoms with Crippen molar-refractivity contribution in [3.05, 3.63) is 0 Å². The van der Waals surface area contributed by atoms with Gasteiger partial charge in [-0.15, -0.1) is 0 Å². The van der Waals surface area contributed by atoms with Crippen LogP contribution in [0.3, 0.4) is 0 Å². The Hall–Kier alpha value is -0.0800. The molecule has 2 aliphatic rings. The smallest absolute Gasteiger partial charge is 0.0590 e. The molecule has 82 valence electrons. The highest BCUT2D eigenvalue weighted by atomic mass is 16.5. The van der Waals surface area contributed by atoms with Gasteiger partial charge in [-0.1, -0.05) is 12.8 Å².